The minimum atomic E-state index is -1.32. The molecular formula is C26H37N3O4S. The molecule has 0 N–H and O–H groups in total. The number of hydrogen-bond acceptors (Lipinski definition) is 5. The highest BCUT2D eigenvalue weighted by atomic mass is 32.2. The largest absolute Gasteiger partial charge is 0.497 e. The summed E-state index contributed by atoms with van der Waals surface area (Å²) in [5.74, 6) is 0.690. The van der Waals surface area contributed by atoms with E-state index in [1.165, 1.54) is 11.1 Å². The predicted molar refractivity (Wildman–Crippen MR) is 135 cm³/mol. The SMILES string of the molecule is COc1cc(C)c(S(=O)N(C)CCOCC(=O)N(C)Cc2ccc3c(c2)CCN(C)C3)c(C)c1. The van der Waals surface area contributed by atoms with Crippen LogP contribution in [0, 0.1) is 13.8 Å². The van der Waals surface area contributed by atoms with Crippen LogP contribution in [0.25, 0.3) is 0 Å². The number of carbonyl (C=O) groups excluding carboxylic acids is 1. The monoisotopic (exact) mass is 487 g/mol. The van der Waals surface area contributed by atoms with Crippen LogP contribution in [0.2, 0.25) is 0 Å². The normalized spacial score (nSPS) is 14.7. The van der Waals surface area contributed by atoms with Gasteiger partial charge in [-0.25, -0.2) is 8.51 Å². The van der Waals surface area contributed by atoms with Crippen molar-refractivity contribution in [1.29, 1.82) is 0 Å². The smallest absolute Gasteiger partial charge is 0.248 e. The number of ether oxygens (including phenoxy) is 2. The molecule has 1 aliphatic rings. The molecule has 2 aromatic rings. The number of aryl methyl sites for hydroxylation is 2. The summed E-state index contributed by atoms with van der Waals surface area (Å²) in [5, 5.41) is 0. The van der Waals surface area contributed by atoms with Gasteiger partial charge in [-0.1, -0.05) is 18.2 Å². The molecule has 8 heteroatoms. The molecular weight excluding hydrogens is 450 g/mol. The first kappa shape index (κ1) is 26.3. The van der Waals surface area contributed by atoms with Gasteiger partial charge in [0.1, 0.15) is 23.3 Å². The van der Waals surface area contributed by atoms with Crippen molar-refractivity contribution in [1.82, 2.24) is 14.1 Å². The first-order chi connectivity index (χ1) is 16.2. The lowest BCUT2D eigenvalue weighted by molar-refractivity contribution is -0.135. The molecule has 1 heterocycles. The van der Waals surface area contributed by atoms with Crippen LogP contribution in [-0.4, -0.2) is 78.8 Å². The number of rotatable bonds is 10. The topological polar surface area (TPSA) is 62.3 Å². The number of hydrogen-bond donors (Lipinski definition) is 0. The molecule has 0 aliphatic carbocycles. The van der Waals surface area contributed by atoms with E-state index >= 15 is 0 Å². The highest BCUT2D eigenvalue weighted by molar-refractivity contribution is 7.82. The highest BCUT2D eigenvalue weighted by Gasteiger charge is 2.18. The molecule has 0 saturated heterocycles. The van der Waals surface area contributed by atoms with Crippen LogP contribution in [0.5, 0.6) is 5.75 Å². The molecule has 7 nitrogen and oxygen atoms in total. The van der Waals surface area contributed by atoms with Gasteiger partial charge in [0, 0.05) is 40.3 Å². The van der Waals surface area contributed by atoms with Crippen LogP contribution >= 0.6 is 0 Å². The highest BCUT2D eigenvalue weighted by Crippen LogP contribution is 2.25. The second-order valence-electron chi connectivity index (χ2n) is 9.08. The fraction of sp³-hybridized carbons (Fsp3) is 0.500. The Morgan fingerprint density at radius 1 is 1.12 bits per heavy atom. The molecule has 0 fully saturated rings. The minimum absolute atomic E-state index is 0.00724. The van der Waals surface area contributed by atoms with E-state index in [0.717, 1.165) is 46.8 Å². The van der Waals surface area contributed by atoms with E-state index < -0.39 is 11.0 Å². The summed E-state index contributed by atoms with van der Waals surface area (Å²) >= 11 is 0. The van der Waals surface area contributed by atoms with E-state index in [0.29, 0.717) is 19.7 Å². The second-order valence-corrected chi connectivity index (χ2v) is 10.6. The Labute approximate surface area is 206 Å². The summed E-state index contributed by atoms with van der Waals surface area (Å²) < 4.78 is 25.7. The molecule has 1 unspecified atom stereocenters. The molecule has 0 spiro atoms. The summed E-state index contributed by atoms with van der Waals surface area (Å²) in [6.45, 7) is 7.25. The lowest BCUT2D eigenvalue weighted by Crippen LogP contribution is -2.32. The molecule has 1 atom stereocenters. The number of benzene rings is 2. The summed E-state index contributed by atoms with van der Waals surface area (Å²) in [7, 11) is 6.04. The third-order valence-corrected chi connectivity index (χ3v) is 7.96. The predicted octanol–water partition coefficient (Wildman–Crippen LogP) is 2.93. The van der Waals surface area contributed by atoms with E-state index in [1.807, 2.05) is 26.0 Å². The van der Waals surface area contributed by atoms with Crippen molar-refractivity contribution in [3.05, 3.63) is 58.1 Å². The van der Waals surface area contributed by atoms with Gasteiger partial charge in [0.05, 0.1) is 18.6 Å². The molecule has 0 radical (unpaired) electrons. The maximum absolute atomic E-state index is 13.0. The third kappa shape index (κ3) is 6.66. The van der Waals surface area contributed by atoms with Crippen molar-refractivity contribution < 1.29 is 18.5 Å². The number of methoxy groups -OCH3 is 1. The van der Waals surface area contributed by atoms with Gasteiger partial charge in [-0.05, 0) is 67.3 Å². The van der Waals surface area contributed by atoms with Crippen molar-refractivity contribution in [2.45, 2.75) is 38.3 Å². The molecule has 3 rings (SSSR count). The van der Waals surface area contributed by atoms with Crippen molar-refractivity contribution in [3.8, 4) is 5.75 Å². The molecule has 0 saturated carbocycles. The molecule has 186 valence electrons. The van der Waals surface area contributed by atoms with Crippen LogP contribution in [0.15, 0.2) is 35.2 Å². The average Bonchev–Trinajstić information content (AvgIpc) is 2.80. The van der Waals surface area contributed by atoms with Crippen LogP contribution in [0.1, 0.15) is 27.8 Å². The van der Waals surface area contributed by atoms with E-state index in [-0.39, 0.29) is 12.5 Å². The molecule has 1 amide bonds. The Kier molecular flexibility index (Phi) is 9.24. The summed E-state index contributed by atoms with van der Waals surface area (Å²) in [5.41, 5.74) is 5.74. The van der Waals surface area contributed by atoms with Gasteiger partial charge in [0.15, 0.2) is 0 Å². The van der Waals surface area contributed by atoms with E-state index in [4.69, 9.17) is 9.47 Å². The van der Waals surface area contributed by atoms with Gasteiger partial charge in [0.25, 0.3) is 0 Å². The lowest BCUT2D eigenvalue weighted by atomic mass is 9.97. The minimum Gasteiger partial charge on any atom is -0.497 e. The maximum Gasteiger partial charge on any atom is 0.248 e. The Hall–Kier alpha value is -2.26. The number of carbonyl (C=O) groups is 1. The molecule has 0 aromatic heterocycles. The standard InChI is InChI=1S/C26H37N3O4S/c1-19-13-24(32-6)14-20(2)26(19)34(31)29(5)11-12-33-18-25(30)28(4)16-21-7-8-23-17-27(3)10-9-22(23)15-21/h7-8,13-15H,9-12,16-18H2,1-6H3. The lowest BCUT2D eigenvalue weighted by Gasteiger charge is -2.26. The Morgan fingerprint density at radius 3 is 2.50 bits per heavy atom. The summed E-state index contributed by atoms with van der Waals surface area (Å²) in [6.07, 6.45) is 1.05. The van der Waals surface area contributed by atoms with Crippen molar-refractivity contribution in [3.63, 3.8) is 0 Å². The average molecular weight is 488 g/mol. The Morgan fingerprint density at radius 2 is 1.82 bits per heavy atom. The first-order valence-electron chi connectivity index (χ1n) is 11.6. The molecule has 1 aliphatic heterocycles. The second kappa shape index (κ2) is 11.9. The van der Waals surface area contributed by atoms with Crippen LogP contribution < -0.4 is 4.74 Å². The van der Waals surface area contributed by atoms with Gasteiger partial charge < -0.3 is 19.3 Å². The summed E-state index contributed by atoms with van der Waals surface area (Å²) in [4.78, 5) is 17.3. The number of nitrogens with zero attached hydrogens (tertiary/aromatic N) is 3. The van der Waals surface area contributed by atoms with Crippen LogP contribution in [-0.2, 0) is 40.0 Å². The van der Waals surface area contributed by atoms with Crippen LogP contribution in [0.3, 0.4) is 0 Å². The molecule has 34 heavy (non-hydrogen) atoms. The van der Waals surface area contributed by atoms with Gasteiger partial charge in [0.2, 0.25) is 5.91 Å². The van der Waals surface area contributed by atoms with Crippen molar-refractivity contribution in [2.24, 2.45) is 0 Å². The zero-order chi connectivity index (χ0) is 24.8. The van der Waals surface area contributed by atoms with Gasteiger partial charge >= 0.3 is 0 Å². The van der Waals surface area contributed by atoms with Crippen LogP contribution in [0.4, 0.5) is 0 Å². The zero-order valence-electron chi connectivity index (χ0n) is 21.2. The summed E-state index contributed by atoms with van der Waals surface area (Å²) in [6, 6.07) is 10.3. The van der Waals surface area contributed by atoms with Crippen molar-refractivity contribution in [2.75, 3.05) is 54.6 Å². The van der Waals surface area contributed by atoms with Gasteiger partial charge in [-0.3, -0.25) is 4.79 Å². The number of likely N-dealkylation sites (N-methyl/N-ethyl adjacent to an activating group) is 3. The Balaban J connectivity index is 1.44. The van der Waals surface area contributed by atoms with Crippen molar-refractivity contribution >= 4 is 16.9 Å². The molecule has 2 aromatic carbocycles. The van der Waals surface area contributed by atoms with Gasteiger partial charge in [-0.2, -0.15) is 0 Å². The zero-order valence-corrected chi connectivity index (χ0v) is 22.0. The van der Waals surface area contributed by atoms with Gasteiger partial charge in [-0.15, -0.1) is 0 Å². The number of fused-ring (bicyclic) bond motifs is 1. The molecule has 0 bridgehead atoms. The van der Waals surface area contributed by atoms with E-state index in [1.54, 1.807) is 30.4 Å². The first-order valence-corrected chi connectivity index (χ1v) is 12.7. The van der Waals surface area contributed by atoms with E-state index in [2.05, 4.69) is 30.1 Å². The van der Waals surface area contributed by atoms with E-state index in [9.17, 15) is 9.00 Å². The Bertz CT molecular complexity index is 1020. The fourth-order valence-electron chi connectivity index (χ4n) is 4.21. The quantitative estimate of drug-likeness (QED) is 0.482. The maximum atomic E-state index is 13.0. The number of amides is 1. The third-order valence-electron chi connectivity index (χ3n) is 6.22. The fourth-order valence-corrected chi connectivity index (χ4v) is 5.43.